The van der Waals surface area contributed by atoms with Crippen LogP contribution in [0, 0.1) is 0 Å². The Kier molecular flexibility index (Phi) is 4.20. The van der Waals surface area contributed by atoms with E-state index in [9.17, 15) is 14.4 Å². The second-order valence-electron chi connectivity index (χ2n) is 3.21. The van der Waals surface area contributed by atoms with E-state index in [1.54, 1.807) is 30.3 Å². The van der Waals surface area contributed by atoms with E-state index in [1.165, 1.54) is 0 Å². The molecule has 1 rings (SSSR count). The van der Waals surface area contributed by atoms with E-state index >= 15 is 0 Å². The Labute approximate surface area is 92.6 Å². The highest BCUT2D eigenvalue weighted by atomic mass is 16.2. The molecule has 0 bridgehead atoms. The molecule has 16 heavy (non-hydrogen) atoms. The Hall–Kier alpha value is -2.17. The fraction of sp³-hybridized carbons (Fsp3) is 0.182. The lowest BCUT2D eigenvalue weighted by Crippen LogP contribution is -2.31. The maximum absolute atomic E-state index is 11.5. The number of rotatable bonds is 4. The van der Waals surface area contributed by atoms with Gasteiger partial charge in [-0.05, 0) is 12.1 Å². The number of carbonyl (C=O) groups excluding carboxylic acids is 3. The van der Waals surface area contributed by atoms with E-state index in [-0.39, 0.29) is 12.8 Å². The van der Waals surface area contributed by atoms with Crippen LogP contribution >= 0.6 is 0 Å². The first-order chi connectivity index (χ1) is 7.59. The summed E-state index contributed by atoms with van der Waals surface area (Å²) in [6.45, 7) is 0. The molecule has 3 N–H and O–H groups in total. The largest absolute Gasteiger partial charge is 0.370 e. The average Bonchev–Trinajstić information content (AvgIpc) is 2.27. The fourth-order valence-electron chi connectivity index (χ4n) is 1.09. The van der Waals surface area contributed by atoms with Crippen molar-refractivity contribution in [3.05, 3.63) is 35.9 Å². The van der Waals surface area contributed by atoms with Gasteiger partial charge in [0.2, 0.25) is 11.8 Å². The molecule has 0 aliphatic rings. The molecule has 5 heteroatoms. The third kappa shape index (κ3) is 3.91. The van der Waals surface area contributed by atoms with E-state index in [1.807, 2.05) is 0 Å². The number of imide groups is 1. The van der Waals surface area contributed by atoms with Gasteiger partial charge in [-0.15, -0.1) is 0 Å². The zero-order valence-corrected chi connectivity index (χ0v) is 8.60. The van der Waals surface area contributed by atoms with Crippen molar-refractivity contribution in [2.24, 2.45) is 5.73 Å². The van der Waals surface area contributed by atoms with Crippen LogP contribution in [0.4, 0.5) is 0 Å². The van der Waals surface area contributed by atoms with Crippen LogP contribution in [0.15, 0.2) is 30.3 Å². The van der Waals surface area contributed by atoms with Gasteiger partial charge in [0.25, 0.3) is 5.91 Å². The van der Waals surface area contributed by atoms with E-state index in [4.69, 9.17) is 5.73 Å². The Balaban J connectivity index is 2.46. The van der Waals surface area contributed by atoms with Crippen LogP contribution < -0.4 is 11.1 Å². The first kappa shape index (κ1) is 11.9. The third-order valence-electron chi connectivity index (χ3n) is 1.89. The highest BCUT2D eigenvalue weighted by Gasteiger charge is 2.10. The molecule has 3 amide bonds. The molecular formula is C11H12N2O3. The van der Waals surface area contributed by atoms with Gasteiger partial charge >= 0.3 is 0 Å². The predicted molar refractivity (Wildman–Crippen MR) is 57.3 cm³/mol. The van der Waals surface area contributed by atoms with Crippen molar-refractivity contribution < 1.29 is 14.4 Å². The molecule has 84 valence electrons. The number of hydrogen-bond acceptors (Lipinski definition) is 3. The smallest absolute Gasteiger partial charge is 0.257 e. The molecule has 0 saturated heterocycles. The standard InChI is InChI=1S/C11H12N2O3/c12-9(14)6-7-10(15)13-11(16)8-4-2-1-3-5-8/h1-5H,6-7H2,(H2,12,14)(H,13,15,16). The van der Waals surface area contributed by atoms with E-state index in [2.05, 4.69) is 5.32 Å². The van der Waals surface area contributed by atoms with Crippen LogP contribution in [-0.2, 0) is 9.59 Å². The van der Waals surface area contributed by atoms with Gasteiger partial charge < -0.3 is 5.73 Å². The summed E-state index contributed by atoms with van der Waals surface area (Å²) < 4.78 is 0. The molecule has 0 saturated carbocycles. The van der Waals surface area contributed by atoms with E-state index in [0.29, 0.717) is 5.56 Å². The second kappa shape index (κ2) is 5.65. The molecule has 1 aromatic carbocycles. The molecule has 0 fully saturated rings. The molecule has 0 aliphatic carbocycles. The minimum Gasteiger partial charge on any atom is -0.370 e. The summed E-state index contributed by atoms with van der Waals surface area (Å²) in [6, 6.07) is 8.35. The maximum atomic E-state index is 11.5. The van der Waals surface area contributed by atoms with Crippen LogP contribution in [0.1, 0.15) is 23.2 Å². The summed E-state index contributed by atoms with van der Waals surface area (Å²) in [5, 5.41) is 2.17. The van der Waals surface area contributed by atoms with Crippen LogP contribution in [-0.4, -0.2) is 17.7 Å². The van der Waals surface area contributed by atoms with Crippen LogP contribution in [0.5, 0.6) is 0 Å². The minimum atomic E-state index is -0.567. The van der Waals surface area contributed by atoms with Crippen molar-refractivity contribution in [1.29, 1.82) is 0 Å². The zero-order valence-electron chi connectivity index (χ0n) is 8.60. The summed E-state index contributed by atoms with van der Waals surface area (Å²) in [7, 11) is 0. The summed E-state index contributed by atoms with van der Waals surface area (Å²) in [4.78, 5) is 33.1. The Bertz CT molecular complexity index is 401. The van der Waals surface area contributed by atoms with Crippen LogP contribution in [0.3, 0.4) is 0 Å². The molecule has 0 atom stereocenters. The van der Waals surface area contributed by atoms with Crippen molar-refractivity contribution in [3.8, 4) is 0 Å². The van der Waals surface area contributed by atoms with Gasteiger partial charge in [0.15, 0.2) is 0 Å². The normalized spacial score (nSPS) is 9.50. The van der Waals surface area contributed by atoms with Crippen molar-refractivity contribution >= 4 is 17.7 Å². The summed E-state index contributed by atoms with van der Waals surface area (Å²) in [5.74, 6) is -1.55. The molecule has 0 aliphatic heterocycles. The van der Waals surface area contributed by atoms with Crippen molar-refractivity contribution in [3.63, 3.8) is 0 Å². The van der Waals surface area contributed by atoms with Gasteiger partial charge in [0, 0.05) is 18.4 Å². The number of primary amides is 1. The van der Waals surface area contributed by atoms with Gasteiger partial charge in [-0.3, -0.25) is 19.7 Å². The monoisotopic (exact) mass is 220 g/mol. The SMILES string of the molecule is NC(=O)CCC(=O)NC(=O)c1ccccc1. The quantitative estimate of drug-likeness (QED) is 0.760. The van der Waals surface area contributed by atoms with Gasteiger partial charge in [-0.1, -0.05) is 18.2 Å². The van der Waals surface area contributed by atoms with Gasteiger partial charge in [0.05, 0.1) is 0 Å². The topological polar surface area (TPSA) is 89.3 Å². The summed E-state index contributed by atoms with van der Waals surface area (Å²) >= 11 is 0. The molecule has 0 aromatic heterocycles. The third-order valence-corrected chi connectivity index (χ3v) is 1.89. The Morgan fingerprint density at radius 2 is 1.69 bits per heavy atom. The molecule has 0 radical (unpaired) electrons. The zero-order chi connectivity index (χ0) is 12.0. The average molecular weight is 220 g/mol. The molecule has 1 aromatic rings. The minimum absolute atomic E-state index is 0.0616. The van der Waals surface area contributed by atoms with Crippen LogP contribution in [0.25, 0.3) is 0 Å². The first-order valence-electron chi connectivity index (χ1n) is 4.77. The maximum Gasteiger partial charge on any atom is 0.257 e. The number of amides is 3. The van der Waals surface area contributed by atoms with Crippen molar-refractivity contribution in [2.75, 3.05) is 0 Å². The first-order valence-corrected chi connectivity index (χ1v) is 4.77. The summed E-state index contributed by atoms with van der Waals surface area (Å²) in [6.07, 6.45) is -0.137. The van der Waals surface area contributed by atoms with Gasteiger partial charge in [0.1, 0.15) is 0 Å². The van der Waals surface area contributed by atoms with E-state index in [0.717, 1.165) is 0 Å². The van der Waals surface area contributed by atoms with E-state index < -0.39 is 17.7 Å². The second-order valence-corrected chi connectivity index (χ2v) is 3.21. The van der Waals surface area contributed by atoms with Crippen molar-refractivity contribution in [2.45, 2.75) is 12.8 Å². The van der Waals surface area contributed by atoms with Crippen molar-refractivity contribution in [1.82, 2.24) is 5.32 Å². The number of hydrogen-bond donors (Lipinski definition) is 2. The lowest BCUT2D eigenvalue weighted by Gasteiger charge is -2.02. The lowest BCUT2D eigenvalue weighted by atomic mass is 10.2. The highest BCUT2D eigenvalue weighted by molar-refractivity contribution is 6.05. The summed E-state index contributed by atoms with van der Waals surface area (Å²) in [5.41, 5.74) is 5.28. The number of benzene rings is 1. The number of nitrogens with one attached hydrogen (secondary N) is 1. The van der Waals surface area contributed by atoms with Gasteiger partial charge in [-0.25, -0.2) is 0 Å². The Morgan fingerprint density at radius 1 is 1.06 bits per heavy atom. The Morgan fingerprint density at radius 3 is 2.25 bits per heavy atom. The lowest BCUT2D eigenvalue weighted by molar-refractivity contribution is -0.124. The fourth-order valence-corrected chi connectivity index (χ4v) is 1.09. The highest BCUT2D eigenvalue weighted by Crippen LogP contribution is 1.98. The molecular weight excluding hydrogens is 208 g/mol. The molecule has 5 nitrogen and oxygen atoms in total. The number of carbonyl (C=O) groups is 3. The van der Waals surface area contributed by atoms with Crippen LogP contribution in [0.2, 0.25) is 0 Å². The molecule has 0 spiro atoms. The predicted octanol–water partition coefficient (Wildman–Crippen LogP) is 0.208. The van der Waals surface area contributed by atoms with Gasteiger partial charge in [-0.2, -0.15) is 0 Å². The molecule has 0 unspecified atom stereocenters. The molecule has 0 heterocycles. The number of nitrogens with two attached hydrogens (primary N) is 1.